The van der Waals surface area contributed by atoms with Crippen molar-refractivity contribution in [2.75, 3.05) is 11.1 Å². The molecular weight excluding hydrogens is 458 g/mol. The number of thioether (sulfide) groups is 1. The Kier molecular flexibility index (Phi) is 7.95. The van der Waals surface area contributed by atoms with Crippen LogP contribution in [0, 0.1) is 6.92 Å². The number of hydrogen-bond acceptors (Lipinski definition) is 5. The molecule has 2 N–H and O–H groups in total. The summed E-state index contributed by atoms with van der Waals surface area (Å²) in [6.45, 7) is 4.45. The molecule has 1 heterocycles. The molecule has 0 unspecified atom stereocenters. The van der Waals surface area contributed by atoms with Gasteiger partial charge in [-0.3, -0.25) is 9.59 Å². The first kappa shape index (κ1) is 24.2. The predicted octanol–water partition coefficient (Wildman–Crippen LogP) is 4.86. The van der Waals surface area contributed by atoms with Crippen LogP contribution in [0.2, 0.25) is 0 Å². The van der Waals surface area contributed by atoms with Gasteiger partial charge < -0.3 is 15.2 Å². The lowest BCUT2D eigenvalue weighted by atomic mass is 10.1. The number of carbonyl (C=O) groups excluding carboxylic acids is 2. The summed E-state index contributed by atoms with van der Waals surface area (Å²) in [6.07, 6.45) is 0. The highest BCUT2D eigenvalue weighted by Gasteiger charge is 2.17. The molecule has 0 radical (unpaired) electrons. The molecule has 4 rings (SSSR count). The van der Waals surface area contributed by atoms with Gasteiger partial charge in [0.15, 0.2) is 5.16 Å². The van der Waals surface area contributed by atoms with Gasteiger partial charge in [0, 0.05) is 0 Å². The van der Waals surface area contributed by atoms with Crippen LogP contribution in [0.3, 0.4) is 0 Å². The van der Waals surface area contributed by atoms with Crippen molar-refractivity contribution in [1.29, 1.82) is 0 Å². The van der Waals surface area contributed by atoms with Crippen molar-refractivity contribution in [3.8, 4) is 0 Å². The number of aromatic nitrogens is 3. The van der Waals surface area contributed by atoms with Crippen LogP contribution in [0.4, 0.5) is 5.69 Å². The third kappa shape index (κ3) is 6.36. The second kappa shape index (κ2) is 11.5. The molecule has 0 saturated heterocycles. The van der Waals surface area contributed by atoms with Crippen molar-refractivity contribution in [2.24, 2.45) is 0 Å². The second-order valence-electron chi connectivity index (χ2n) is 8.09. The van der Waals surface area contributed by atoms with Crippen LogP contribution in [0.15, 0.2) is 90.1 Å². The molecular formula is C27H27N5O2S. The molecule has 178 valence electrons. The molecule has 8 heteroatoms. The van der Waals surface area contributed by atoms with Crippen LogP contribution in [0.25, 0.3) is 0 Å². The summed E-state index contributed by atoms with van der Waals surface area (Å²) >= 11 is 1.31. The predicted molar refractivity (Wildman–Crippen MR) is 138 cm³/mol. The first-order valence-electron chi connectivity index (χ1n) is 11.3. The monoisotopic (exact) mass is 485 g/mol. The molecule has 0 saturated carbocycles. The van der Waals surface area contributed by atoms with E-state index in [1.54, 1.807) is 24.3 Å². The summed E-state index contributed by atoms with van der Waals surface area (Å²) in [5, 5.41) is 14.9. The number of nitrogens with one attached hydrogen (secondary N) is 2. The number of para-hydroxylation sites is 1. The number of nitrogens with zero attached hydrogens (tertiary/aromatic N) is 3. The summed E-state index contributed by atoms with van der Waals surface area (Å²) in [5.74, 6) is 0.455. The molecule has 4 aromatic rings. The molecule has 0 bridgehead atoms. The maximum Gasteiger partial charge on any atom is 0.253 e. The Morgan fingerprint density at radius 2 is 1.57 bits per heavy atom. The Labute approximate surface area is 209 Å². The van der Waals surface area contributed by atoms with Gasteiger partial charge in [0.2, 0.25) is 5.91 Å². The van der Waals surface area contributed by atoms with Crippen molar-refractivity contribution < 1.29 is 9.59 Å². The fourth-order valence-corrected chi connectivity index (χ4v) is 4.41. The van der Waals surface area contributed by atoms with Crippen LogP contribution in [-0.2, 0) is 11.3 Å². The third-order valence-electron chi connectivity index (χ3n) is 5.51. The smallest absolute Gasteiger partial charge is 0.253 e. The van der Waals surface area contributed by atoms with Crippen LogP contribution >= 0.6 is 11.8 Å². The lowest BCUT2D eigenvalue weighted by Crippen LogP contribution is -2.28. The maximum atomic E-state index is 12.9. The molecule has 0 spiro atoms. The average molecular weight is 486 g/mol. The van der Waals surface area contributed by atoms with E-state index in [-0.39, 0.29) is 23.6 Å². The topological polar surface area (TPSA) is 88.9 Å². The number of hydrogen-bond donors (Lipinski definition) is 2. The number of aryl methyl sites for hydroxylation is 1. The average Bonchev–Trinajstić information content (AvgIpc) is 3.23. The van der Waals surface area contributed by atoms with E-state index in [1.165, 1.54) is 11.8 Å². The third-order valence-corrected chi connectivity index (χ3v) is 6.48. The Bertz CT molecular complexity index is 1290. The zero-order chi connectivity index (χ0) is 24.6. The molecule has 0 aliphatic heterocycles. The summed E-state index contributed by atoms with van der Waals surface area (Å²) in [4.78, 5) is 25.7. The Morgan fingerprint density at radius 3 is 2.31 bits per heavy atom. The lowest BCUT2D eigenvalue weighted by Gasteiger charge is -2.16. The van der Waals surface area contributed by atoms with E-state index in [1.807, 2.05) is 79.1 Å². The van der Waals surface area contributed by atoms with E-state index >= 15 is 0 Å². The van der Waals surface area contributed by atoms with Crippen molar-refractivity contribution in [3.63, 3.8) is 0 Å². The van der Waals surface area contributed by atoms with Crippen molar-refractivity contribution in [3.05, 3.63) is 107 Å². The Hall–Kier alpha value is -3.91. The van der Waals surface area contributed by atoms with Gasteiger partial charge in [0.05, 0.1) is 29.6 Å². The molecule has 35 heavy (non-hydrogen) atoms. The molecule has 3 aromatic carbocycles. The van der Waals surface area contributed by atoms with Gasteiger partial charge >= 0.3 is 0 Å². The molecule has 0 aliphatic rings. The van der Waals surface area contributed by atoms with E-state index < -0.39 is 0 Å². The van der Waals surface area contributed by atoms with Gasteiger partial charge in [0.25, 0.3) is 5.91 Å². The fourth-order valence-electron chi connectivity index (χ4n) is 3.62. The summed E-state index contributed by atoms with van der Waals surface area (Å²) in [5.41, 5.74) is 3.02. The SMILES string of the molecule is Cc1nnc(SCC(=O)Nc2ccccc2C(=O)N[C@@H](C)c2ccccc2)n1Cc1ccccc1. The first-order valence-corrected chi connectivity index (χ1v) is 12.3. The normalized spacial score (nSPS) is 11.6. The fraction of sp³-hybridized carbons (Fsp3) is 0.185. The van der Waals surface area contributed by atoms with Gasteiger partial charge in [-0.05, 0) is 37.1 Å². The molecule has 2 amide bonds. The molecule has 0 fully saturated rings. The molecule has 1 aromatic heterocycles. The van der Waals surface area contributed by atoms with Crippen LogP contribution in [0.1, 0.15) is 40.3 Å². The van der Waals surface area contributed by atoms with Gasteiger partial charge in [-0.2, -0.15) is 0 Å². The minimum Gasteiger partial charge on any atom is -0.345 e. The second-order valence-corrected chi connectivity index (χ2v) is 9.03. The summed E-state index contributed by atoms with van der Waals surface area (Å²) in [6, 6.07) is 26.6. The first-order chi connectivity index (χ1) is 17.0. The minimum absolute atomic E-state index is 0.142. The maximum absolute atomic E-state index is 12.9. The number of carbonyl (C=O) groups is 2. The summed E-state index contributed by atoms with van der Waals surface area (Å²) < 4.78 is 1.99. The number of amides is 2. The van der Waals surface area contributed by atoms with Gasteiger partial charge in [-0.1, -0.05) is 84.6 Å². The standard InChI is InChI=1S/C27H27N5O2S/c1-19(22-13-7-4-8-14-22)28-26(34)23-15-9-10-16-24(23)29-25(33)18-35-27-31-30-20(2)32(27)17-21-11-5-3-6-12-21/h3-16,19H,17-18H2,1-2H3,(H,28,34)(H,29,33)/t19-/m0/s1. The zero-order valence-corrected chi connectivity index (χ0v) is 20.5. The van der Waals surface area contributed by atoms with Crippen molar-refractivity contribution >= 4 is 29.3 Å². The van der Waals surface area contributed by atoms with Crippen LogP contribution in [-0.4, -0.2) is 32.3 Å². The van der Waals surface area contributed by atoms with E-state index in [4.69, 9.17) is 0 Å². The lowest BCUT2D eigenvalue weighted by molar-refractivity contribution is -0.113. The zero-order valence-electron chi connectivity index (χ0n) is 19.6. The highest BCUT2D eigenvalue weighted by atomic mass is 32.2. The number of rotatable bonds is 9. The van der Waals surface area contributed by atoms with Crippen molar-refractivity contribution in [1.82, 2.24) is 20.1 Å². The van der Waals surface area contributed by atoms with Gasteiger partial charge in [-0.25, -0.2) is 0 Å². The number of anilines is 1. The summed E-state index contributed by atoms with van der Waals surface area (Å²) in [7, 11) is 0. The van der Waals surface area contributed by atoms with E-state index in [9.17, 15) is 9.59 Å². The Balaban J connectivity index is 1.39. The highest BCUT2D eigenvalue weighted by molar-refractivity contribution is 7.99. The number of benzene rings is 3. The van der Waals surface area contributed by atoms with Gasteiger partial charge in [0.1, 0.15) is 5.82 Å². The van der Waals surface area contributed by atoms with E-state index in [0.29, 0.717) is 23.0 Å². The van der Waals surface area contributed by atoms with E-state index in [0.717, 1.165) is 17.0 Å². The van der Waals surface area contributed by atoms with Gasteiger partial charge in [-0.15, -0.1) is 10.2 Å². The van der Waals surface area contributed by atoms with E-state index in [2.05, 4.69) is 20.8 Å². The Morgan fingerprint density at radius 1 is 0.914 bits per heavy atom. The quantitative estimate of drug-likeness (QED) is 0.331. The minimum atomic E-state index is -0.247. The van der Waals surface area contributed by atoms with Crippen LogP contribution in [0.5, 0.6) is 0 Å². The highest BCUT2D eigenvalue weighted by Crippen LogP contribution is 2.21. The molecule has 0 aliphatic carbocycles. The van der Waals surface area contributed by atoms with Crippen molar-refractivity contribution in [2.45, 2.75) is 31.6 Å². The largest absolute Gasteiger partial charge is 0.345 e. The molecule has 7 nitrogen and oxygen atoms in total. The van der Waals surface area contributed by atoms with Crippen LogP contribution < -0.4 is 10.6 Å². The molecule has 1 atom stereocenters.